The van der Waals surface area contributed by atoms with Crippen molar-refractivity contribution in [3.8, 4) is 5.75 Å². The number of urea groups is 2. The third-order valence-electron chi connectivity index (χ3n) is 6.22. The lowest BCUT2D eigenvalue weighted by Crippen LogP contribution is -2.71. The van der Waals surface area contributed by atoms with E-state index in [9.17, 15) is 19.3 Å². The Morgan fingerprint density at radius 3 is 2.49 bits per heavy atom. The van der Waals surface area contributed by atoms with Gasteiger partial charge in [0.05, 0.1) is 16.5 Å². The number of nitrogens with two attached hydrogens (primary N) is 1. The molecule has 0 radical (unpaired) electrons. The number of carbonyl (C=O) groups excluding carboxylic acids is 3. The third kappa shape index (κ3) is 6.02. The molecule has 0 aromatic heterocycles. The minimum atomic E-state index is -1.35. The number of nitrogens with zero attached hydrogens (tertiary/aromatic N) is 4. The number of anilines is 1. The van der Waals surface area contributed by atoms with Crippen molar-refractivity contribution in [2.24, 2.45) is 22.4 Å². The Kier molecular flexibility index (Phi) is 8.22. The summed E-state index contributed by atoms with van der Waals surface area (Å²) in [4.78, 5) is 51.8. The maximum absolute atomic E-state index is 13.5. The summed E-state index contributed by atoms with van der Waals surface area (Å²) in [5.41, 5.74) is -0.815. The molecule has 192 valence electrons. The monoisotopic (exact) mass is 508 g/mol. The Hall–Kier alpha value is -2.92. The Morgan fingerprint density at radius 1 is 1.26 bits per heavy atom. The van der Waals surface area contributed by atoms with Crippen LogP contribution in [-0.2, 0) is 4.79 Å². The molecule has 1 aromatic carbocycles. The molecule has 1 aliphatic carbocycles. The van der Waals surface area contributed by atoms with Crippen LogP contribution in [0.15, 0.2) is 23.4 Å². The first-order chi connectivity index (χ1) is 16.4. The highest BCUT2D eigenvalue weighted by Gasteiger charge is 2.47. The molecule has 11 nitrogen and oxygen atoms in total. The van der Waals surface area contributed by atoms with Gasteiger partial charge in [-0.1, -0.05) is 24.4 Å². The normalized spacial score (nSPS) is 19.5. The number of halogens is 1. The van der Waals surface area contributed by atoms with Gasteiger partial charge in [-0.3, -0.25) is 9.69 Å². The van der Waals surface area contributed by atoms with Gasteiger partial charge in [0.15, 0.2) is 6.29 Å². The molecular weight excluding hydrogens is 476 g/mol. The zero-order valence-corrected chi connectivity index (χ0v) is 21.2. The van der Waals surface area contributed by atoms with Crippen molar-refractivity contribution >= 4 is 35.3 Å². The highest BCUT2D eigenvalue weighted by Crippen LogP contribution is 2.32. The smallest absolute Gasteiger partial charge is 0.345 e. The molecular formula is C23H33ClN6O5. The molecule has 0 bridgehead atoms. The molecule has 3 N–H and O–H groups in total. The summed E-state index contributed by atoms with van der Waals surface area (Å²) in [5, 5.41) is 6.89. The van der Waals surface area contributed by atoms with E-state index in [1.54, 1.807) is 18.2 Å². The summed E-state index contributed by atoms with van der Waals surface area (Å²) in [7, 11) is 0. The van der Waals surface area contributed by atoms with Gasteiger partial charge in [0.2, 0.25) is 0 Å². The van der Waals surface area contributed by atoms with Gasteiger partial charge in [-0.2, -0.15) is 0 Å². The van der Waals surface area contributed by atoms with E-state index in [1.807, 2.05) is 13.8 Å². The van der Waals surface area contributed by atoms with Gasteiger partial charge in [0.25, 0.3) is 5.91 Å². The van der Waals surface area contributed by atoms with E-state index in [2.05, 4.69) is 10.5 Å². The van der Waals surface area contributed by atoms with Crippen LogP contribution >= 0.6 is 11.6 Å². The van der Waals surface area contributed by atoms with Gasteiger partial charge >= 0.3 is 12.1 Å². The van der Waals surface area contributed by atoms with E-state index in [1.165, 1.54) is 18.7 Å². The van der Waals surface area contributed by atoms with Gasteiger partial charge in [-0.05, 0) is 64.7 Å². The largest absolute Gasteiger partial charge is 0.489 e. The number of nitrogens with one attached hydrogen (secondary N) is 1. The summed E-state index contributed by atoms with van der Waals surface area (Å²) in [6, 6.07) is 3.67. The second kappa shape index (κ2) is 10.8. The van der Waals surface area contributed by atoms with Crippen molar-refractivity contribution in [1.29, 1.82) is 0 Å². The van der Waals surface area contributed by atoms with Crippen molar-refractivity contribution in [2.75, 3.05) is 18.4 Å². The molecule has 35 heavy (non-hydrogen) atoms. The van der Waals surface area contributed by atoms with Gasteiger partial charge in [-0.15, -0.1) is 4.91 Å². The number of nitroso groups, excluding NO2 is 1. The Morgan fingerprint density at radius 2 is 1.91 bits per heavy atom. The number of rotatable bonds is 9. The minimum Gasteiger partial charge on any atom is -0.489 e. The van der Waals surface area contributed by atoms with Crippen molar-refractivity contribution in [2.45, 2.75) is 65.8 Å². The third-order valence-corrected chi connectivity index (χ3v) is 6.52. The molecule has 5 amide bonds. The lowest BCUT2D eigenvalue weighted by atomic mass is 9.92. The maximum atomic E-state index is 13.5. The number of imide groups is 1. The van der Waals surface area contributed by atoms with Crippen molar-refractivity contribution in [1.82, 2.24) is 14.8 Å². The van der Waals surface area contributed by atoms with Gasteiger partial charge < -0.3 is 10.1 Å². The first-order valence-corrected chi connectivity index (χ1v) is 12.1. The number of benzene rings is 1. The Labute approximate surface area is 209 Å². The van der Waals surface area contributed by atoms with Gasteiger partial charge in [0, 0.05) is 24.0 Å². The van der Waals surface area contributed by atoms with Crippen LogP contribution in [0.2, 0.25) is 5.02 Å². The number of hydrogen-bond donors (Lipinski definition) is 2. The molecule has 0 spiro atoms. The summed E-state index contributed by atoms with van der Waals surface area (Å²) in [5.74, 6) is 6.02. The molecule has 1 saturated heterocycles. The predicted octanol–water partition coefficient (Wildman–Crippen LogP) is 4.37. The summed E-state index contributed by atoms with van der Waals surface area (Å²) in [6.45, 7) is 6.72. The standard InChI is InChI=1S/C23H33ClN6O5/c1-14(2)35-18-10-9-16(11-17(18)24)26-20-28(12-15-7-5-6-8-15)21(32)29(22(33)30(20)25)13-23(3,4)19(31)27-34/h9-11,14-15,20,26H,5-8,12-13,25H2,1-4H3. The number of carbonyl (C=O) groups is 3. The topological polar surface area (TPSA) is 138 Å². The van der Waals surface area contributed by atoms with Gasteiger partial charge in [-0.25, -0.2) is 25.3 Å². The van der Waals surface area contributed by atoms with Crippen molar-refractivity contribution in [3.63, 3.8) is 0 Å². The van der Waals surface area contributed by atoms with Crippen LogP contribution in [0.4, 0.5) is 15.3 Å². The average molecular weight is 509 g/mol. The molecule has 1 aromatic rings. The molecule has 2 aliphatic rings. The molecule has 1 heterocycles. The second-order valence-electron chi connectivity index (χ2n) is 9.97. The number of hydrogen-bond acceptors (Lipinski definition) is 7. The first-order valence-electron chi connectivity index (χ1n) is 11.7. The Bertz CT molecular complexity index is 981. The molecule has 12 heteroatoms. The number of ether oxygens (including phenoxy) is 1. The molecule has 1 atom stereocenters. The quantitative estimate of drug-likeness (QED) is 0.287. The van der Waals surface area contributed by atoms with Crippen molar-refractivity contribution in [3.05, 3.63) is 28.1 Å². The minimum absolute atomic E-state index is 0.0575. The second-order valence-corrected chi connectivity index (χ2v) is 10.4. The lowest BCUT2D eigenvalue weighted by molar-refractivity contribution is -0.126. The fraction of sp³-hybridized carbons (Fsp3) is 0.609. The molecule has 1 saturated carbocycles. The highest BCUT2D eigenvalue weighted by atomic mass is 35.5. The van der Waals surface area contributed by atoms with E-state index in [0.29, 0.717) is 23.0 Å². The fourth-order valence-electron chi connectivity index (χ4n) is 4.34. The molecule has 2 fully saturated rings. The SMILES string of the molecule is CC(C)Oc1ccc(NC2N(N)C(=O)N(CC(C)(C)C(=O)N=O)C(=O)N2CC2CCCC2)cc1Cl. The van der Waals surface area contributed by atoms with E-state index in [0.717, 1.165) is 35.6 Å². The van der Waals surface area contributed by atoms with Crippen LogP contribution < -0.4 is 15.9 Å². The van der Waals surface area contributed by atoms with E-state index < -0.39 is 29.7 Å². The fourth-order valence-corrected chi connectivity index (χ4v) is 4.57. The van der Waals surface area contributed by atoms with Crippen molar-refractivity contribution < 1.29 is 19.1 Å². The van der Waals surface area contributed by atoms with E-state index in [4.69, 9.17) is 22.2 Å². The molecule has 1 unspecified atom stereocenters. The lowest BCUT2D eigenvalue weighted by Gasteiger charge is -2.47. The van der Waals surface area contributed by atoms with Gasteiger partial charge in [0.1, 0.15) is 5.75 Å². The number of hydrazine groups is 1. The molecule has 1 aliphatic heterocycles. The van der Waals surface area contributed by atoms with Crippen LogP contribution in [0.1, 0.15) is 53.4 Å². The summed E-state index contributed by atoms with van der Waals surface area (Å²) in [6.07, 6.45) is 3.02. The Balaban J connectivity index is 1.89. The average Bonchev–Trinajstić information content (AvgIpc) is 3.31. The summed E-state index contributed by atoms with van der Waals surface area (Å²) >= 11 is 6.37. The maximum Gasteiger partial charge on any atom is 0.345 e. The summed E-state index contributed by atoms with van der Waals surface area (Å²) < 4.78 is 5.67. The van der Waals surface area contributed by atoms with Crippen LogP contribution in [0, 0.1) is 16.2 Å². The van der Waals surface area contributed by atoms with E-state index in [-0.39, 0.29) is 18.6 Å². The van der Waals surface area contributed by atoms with Crippen LogP contribution in [0.3, 0.4) is 0 Å². The zero-order valence-electron chi connectivity index (χ0n) is 20.5. The zero-order chi connectivity index (χ0) is 25.9. The van der Waals surface area contributed by atoms with E-state index >= 15 is 0 Å². The van der Waals surface area contributed by atoms with Crippen LogP contribution in [-0.4, -0.2) is 58.3 Å². The predicted molar refractivity (Wildman–Crippen MR) is 131 cm³/mol. The highest BCUT2D eigenvalue weighted by molar-refractivity contribution is 6.32. The first kappa shape index (κ1) is 26.7. The molecule has 3 rings (SSSR count). The van der Waals surface area contributed by atoms with Crippen LogP contribution in [0.25, 0.3) is 0 Å². The van der Waals surface area contributed by atoms with Crippen LogP contribution in [0.5, 0.6) is 5.75 Å². The number of amides is 5.